The SMILES string of the molecule is Oc1ccc(I)c(C(F)(F)F)c1I. The van der Waals surface area contributed by atoms with Crippen LogP contribution in [0.4, 0.5) is 13.2 Å². The second-order valence-electron chi connectivity index (χ2n) is 2.25. The molecule has 0 saturated heterocycles. The fourth-order valence-electron chi connectivity index (χ4n) is 0.801. The number of halogens is 5. The predicted molar refractivity (Wildman–Crippen MR) is 58.5 cm³/mol. The third-order valence-corrected chi connectivity index (χ3v) is 3.35. The molecule has 0 aliphatic heterocycles. The molecule has 13 heavy (non-hydrogen) atoms. The van der Waals surface area contributed by atoms with E-state index in [9.17, 15) is 13.2 Å². The summed E-state index contributed by atoms with van der Waals surface area (Å²) in [6, 6.07) is 2.49. The molecular formula is C7H3F3I2O. The monoisotopic (exact) mass is 414 g/mol. The van der Waals surface area contributed by atoms with Crippen molar-refractivity contribution >= 4 is 45.2 Å². The average Bonchev–Trinajstić information content (AvgIpc) is 1.95. The summed E-state index contributed by atoms with van der Waals surface area (Å²) in [5.74, 6) is -0.339. The molecule has 72 valence electrons. The van der Waals surface area contributed by atoms with Crippen LogP contribution in [-0.4, -0.2) is 5.11 Å². The van der Waals surface area contributed by atoms with Crippen LogP contribution in [0.1, 0.15) is 5.56 Å². The maximum absolute atomic E-state index is 12.4. The van der Waals surface area contributed by atoms with Gasteiger partial charge in [0, 0.05) is 3.57 Å². The van der Waals surface area contributed by atoms with Gasteiger partial charge in [0.2, 0.25) is 0 Å². The van der Waals surface area contributed by atoms with Crippen molar-refractivity contribution in [3.63, 3.8) is 0 Å². The highest BCUT2D eigenvalue weighted by molar-refractivity contribution is 14.1. The van der Waals surface area contributed by atoms with Crippen LogP contribution in [0.3, 0.4) is 0 Å². The molecule has 1 nitrogen and oxygen atoms in total. The van der Waals surface area contributed by atoms with E-state index in [4.69, 9.17) is 5.11 Å². The minimum atomic E-state index is -4.41. The summed E-state index contributed by atoms with van der Waals surface area (Å²) in [6.45, 7) is 0. The van der Waals surface area contributed by atoms with Crippen molar-refractivity contribution in [3.05, 3.63) is 24.8 Å². The molecule has 1 aromatic carbocycles. The van der Waals surface area contributed by atoms with Crippen LogP contribution in [0.2, 0.25) is 0 Å². The van der Waals surface area contributed by atoms with Crippen LogP contribution in [0.15, 0.2) is 12.1 Å². The molecule has 0 heterocycles. The van der Waals surface area contributed by atoms with Gasteiger partial charge >= 0.3 is 6.18 Å². The quantitative estimate of drug-likeness (QED) is 0.644. The molecule has 6 heteroatoms. The number of alkyl halides is 3. The largest absolute Gasteiger partial charge is 0.507 e. The van der Waals surface area contributed by atoms with E-state index in [2.05, 4.69) is 0 Å². The molecule has 0 amide bonds. The van der Waals surface area contributed by atoms with E-state index in [0.29, 0.717) is 0 Å². The highest BCUT2D eigenvalue weighted by atomic mass is 127. The number of phenols is 1. The van der Waals surface area contributed by atoms with Gasteiger partial charge in [0.05, 0.1) is 9.13 Å². The Hall–Kier alpha value is 0.270. The lowest BCUT2D eigenvalue weighted by Crippen LogP contribution is -2.10. The first kappa shape index (κ1) is 11.3. The molecule has 0 bridgehead atoms. The first-order valence-corrected chi connectivity index (χ1v) is 5.24. The topological polar surface area (TPSA) is 20.2 Å². The smallest absolute Gasteiger partial charge is 0.418 e. The number of aromatic hydroxyl groups is 1. The van der Waals surface area contributed by atoms with Crippen molar-refractivity contribution in [2.75, 3.05) is 0 Å². The summed E-state index contributed by atoms with van der Waals surface area (Å²) in [5, 5.41) is 9.08. The third kappa shape index (κ3) is 2.39. The zero-order valence-corrected chi connectivity index (χ0v) is 10.3. The summed E-state index contributed by atoms with van der Waals surface area (Å²) in [7, 11) is 0. The molecule has 0 spiro atoms. The van der Waals surface area contributed by atoms with Gasteiger partial charge in [-0.25, -0.2) is 0 Å². The molecule has 0 aromatic heterocycles. The van der Waals surface area contributed by atoms with Gasteiger partial charge in [-0.1, -0.05) is 0 Å². The zero-order chi connectivity index (χ0) is 10.2. The second kappa shape index (κ2) is 3.79. The maximum Gasteiger partial charge on any atom is 0.418 e. The predicted octanol–water partition coefficient (Wildman–Crippen LogP) is 3.62. The number of rotatable bonds is 0. The number of hydrogen-bond acceptors (Lipinski definition) is 1. The van der Waals surface area contributed by atoms with Gasteiger partial charge in [0.15, 0.2) is 0 Å². The summed E-state index contributed by atoms with van der Waals surface area (Å²) in [4.78, 5) is 0. The average molecular weight is 414 g/mol. The third-order valence-electron chi connectivity index (χ3n) is 1.35. The highest BCUT2D eigenvalue weighted by Gasteiger charge is 2.36. The fourth-order valence-corrected chi connectivity index (χ4v) is 2.85. The molecule has 1 rings (SSSR count). The molecule has 0 saturated carbocycles. The standard InChI is InChI=1S/C7H3F3I2O/c8-7(9,10)5-3(11)1-2-4(13)6(5)12/h1-2,13H. The molecule has 0 unspecified atom stereocenters. The zero-order valence-electron chi connectivity index (χ0n) is 5.99. The Labute approximate surface area is 99.6 Å². The summed E-state index contributed by atoms with van der Waals surface area (Å²) >= 11 is 3.07. The summed E-state index contributed by atoms with van der Waals surface area (Å²) < 4.78 is 37.0. The molecule has 1 aromatic rings. The summed E-state index contributed by atoms with van der Waals surface area (Å²) in [5.41, 5.74) is -0.770. The Kier molecular flexibility index (Phi) is 3.31. The lowest BCUT2D eigenvalue weighted by Gasteiger charge is -2.11. The first-order chi connectivity index (χ1) is 5.84. The lowest BCUT2D eigenvalue weighted by atomic mass is 10.2. The molecule has 0 radical (unpaired) electrons. The van der Waals surface area contributed by atoms with Crippen LogP contribution >= 0.6 is 45.2 Å². The molecule has 0 fully saturated rings. The summed E-state index contributed by atoms with van der Waals surface area (Å²) in [6.07, 6.45) is -4.41. The minimum Gasteiger partial charge on any atom is -0.507 e. The van der Waals surface area contributed by atoms with E-state index in [0.717, 1.165) is 0 Å². The van der Waals surface area contributed by atoms with Gasteiger partial charge in [-0.3, -0.25) is 0 Å². The van der Waals surface area contributed by atoms with E-state index in [1.54, 1.807) is 22.6 Å². The van der Waals surface area contributed by atoms with Gasteiger partial charge in [-0.05, 0) is 57.3 Å². The van der Waals surface area contributed by atoms with E-state index in [1.165, 1.54) is 34.7 Å². The minimum absolute atomic E-state index is 0.0901. The van der Waals surface area contributed by atoms with Crippen molar-refractivity contribution in [2.45, 2.75) is 6.18 Å². The van der Waals surface area contributed by atoms with Gasteiger partial charge in [0.25, 0.3) is 0 Å². The first-order valence-electron chi connectivity index (χ1n) is 3.08. The molecule has 0 atom stereocenters. The van der Waals surface area contributed by atoms with Crippen LogP contribution in [0, 0.1) is 7.14 Å². The van der Waals surface area contributed by atoms with E-state index in [-0.39, 0.29) is 12.9 Å². The number of benzene rings is 1. The van der Waals surface area contributed by atoms with Crippen LogP contribution in [-0.2, 0) is 6.18 Å². The highest BCUT2D eigenvalue weighted by Crippen LogP contribution is 2.39. The van der Waals surface area contributed by atoms with Crippen molar-refractivity contribution in [3.8, 4) is 5.75 Å². The molecule has 0 aliphatic carbocycles. The Morgan fingerprint density at radius 3 is 2.08 bits per heavy atom. The van der Waals surface area contributed by atoms with Gasteiger partial charge in [-0.15, -0.1) is 0 Å². The van der Waals surface area contributed by atoms with Gasteiger partial charge in [0.1, 0.15) is 5.75 Å². The molecular weight excluding hydrogens is 411 g/mol. The second-order valence-corrected chi connectivity index (χ2v) is 4.49. The van der Waals surface area contributed by atoms with Crippen molar-refractivity contribution in [1.82, 2.24) is 0 Å². The number of hydrogen-bond donors (Lipinski definition) is 1. The Morgan fingerprint density at radius 1 is 1.15 bits per heavy atom. The van der Waals surface area contributed by atoms with Gasteiger partial charge < -0.3 is 5.11 Å². The number of phenolic OH excluding ortho intramolecular Hbond substituents is 1. The Balaban J connectivity index is 3.43. The maximum atomic E-state index is 12.4. The molecule has 0 aliphatic rings. The van der Waals surface area contributed by atoms with E-state index < -0.39 is 11.7 Å². The normalized spacial score (nSPS) is 11.8. The Morgan fingerprint density at radius 2 is 1.69 bits per heavy atom. The van der Waals surface area contributed by atoms with E-state index in [1.807, 2.05) is 0 Å². The Bertz CT molecular complexity index is 335. The van der Waals surface area contributed by atoms with Gasteiger partial charge in [-0.2, -0.15) is 13.2 Å². The van der Waals surface area contributed by atoms with Crippen molar-refractivity contribution in [1.29, 1.82) is 0 Å². The van der Waals surface area contributed by atoms with Crippen LogP contribution < -0.4 is 0 Å². The lowest BCUT2D eigenvalue weighted by molar-refractivity contribution is -0.139. The van der Waals surface area contributed by atoms with Crippen molar-refractivity contribution < 1.29 is 18.3 Å². The van der Waals surface area contributed by atoms with Crippen LogP contribution in [0.25, 0.3) is 0 Å². The van der Waals surface area contributed by atoms with E-state index >= 15 is 0 Å². The fraction of sp³-hybridized carbons (Fsp3) is 0.143. The van der Waals surface area contributed by atoms with Crippen molar-refractivity contribution in [2.24, 2.45) is 0 Å². The molecule has 1 N–H and O–H groups in total. The van der Waals surface area contributed by atoms with Crippen LogP contribution in [0.5, 0.6) is 5.75 Å².